The number of halogens is 2. The molecule has 1 N–H and O–H groups in total. The van der Waals surface area contributed by atoms with Crippen molar-refractivity contribution in [3.63, 3.8) is 0 Å². The van der Waals surface area contributed by atoms with Gasteiger partial charge in [0.15, 0.2) is 6.10 Å². The number of amides is 1. The van der Waals surface area contributed by atoms with Crippen LogP contribution in [0.2, 0.25) is 10.0 Å². The van der Waals surface area contributed by atoms with Gasteiger partial charge in [-0.05, 0) is 6.07 Å². The maximum atomic E-state index is 12.5. The number of hydrogen-bond acceptors (Lipinski definition) is 4. The molecule has 1 amide bonds. The van der Waals surface area contributed by atoms with Crippen LogP contribution in [0.4, 0.5) is 0 Å². The number of morpholine rings is 1. The summed E-state index contributed by atoms with van der Waals surface area (Å²) in [6, 6.07) is 2.86. The van der Waals surface area contributed by atoms with Gasteiger partial charge in [0.25, 0.3) is 5.91 Å². The third-order valence-corrected chi connectivity index (χ3v) is 3.82. The van der Waals surface area contributed by atoms with Crippen LogP contribution in [0.25, 0.3) is 0 Å². The lowest BCUT2D eigenvalue weighted by Gasteiger charge is -2.31. The van der Waals surface area contributed by atoms with Crippen LogP contribution in [0.5, 0.6) is 5.75 Å². The Balaban J connectivity index is 2.27. The average Bonchev–Trinajstić information content (AvgIpc) is 2.48. The van der Waals surface area contributed by atoms with Gasteiger partial charge < -0.3 is 19.5 Å². The highest BCUT2D eigenvalue weighted by Gasteiger charge is 2.30. The van der Waals surface area contributed by atoms with Crippen molar-refractivity contribution in [3.05, 3.63) is 27.7 Å². The quantitative estimate of drug-likeness (QED) is 0.914. The summed E-state index contributed by atoms with van der Waals surface area (Å²) >= 11 is 11.8. The summed E-state index contributed by atoms with van der Waals surface area (Å²) in [5.74, 6) is -1.19. The van der Waals surface area contributed by atoms with Crippen molar-refractivity contribution in [3.8, 4) is 5.75 Å². The standard InChI is InChI=1S/C13H13Cl2NO5/c1-20-10-5-9(15)8(14)4-7(10)12(17)16-2-3-21-11(6-16)13(18)19/h4-5,11H,2-3,6H2,1H3,(H,18,19). The predicted octanol–water partition coefficient (Wildman–Crippen LogP) is 1.93. The number of rotatable bonds is 3. The number of carboxylic acids is 1. The highest BCUT2D eigenvalue weighted by molar-refractivity contribution is 6.42. The largest absolute Gasteiger partial charge is 0.496 e. The minimum atomic E-state index is -1.10. The zero-order chi connectivity index (χ0) is 15.6. The Morgan fingerprint density at radius 2 is 2.05 bits per heavy atom. The average molecular weight is 334 g/mol. The molecule has 2 rings (SSSR count). The number of hydrogen-bond donors (Lipinski definition) is 1. The van der Waals surface area contributed by atoms with E-state index in [-0.39, 0.29) is 40.4 Å². The summed E-state index contributed by atoms with van der Waals surface area (Å²) in [6.07, 6.45) is -1.03. The molecule has 1 unspecified atom stereocenters. The number of methoxy groups -OCH3 is 1. The second-order valence-electron chi connectivity index (χ2n) is 4.42. The van der Waals surface area contributed by atoms with Gasteiger partial charge >= 0.3 is 5.97 Å². The molecule has 114 valence electrons. The van der Waals surface area contributed by atoms with E-state index in [2.05, 4.69) is 0 Å². The van der Waals surface area contributed by atoms with E-state index < -0.39 is 12.1 Å². The maximum Gasteiger partial charge on any atom is 0.334 e. The Morgan fingerprint density at radius 1 is 1.38 bits per heavy atom. The second-order valence-corrected chi connectivity index (χ2v) is 5.23. The zero-order valence-electron chi connectivity index (χ0n) is 11.1. The van der Waals surface area contributed by atoms with Gasteiger partial charge in [0.05, 0.1) is 35.9 Å². The zero-order valence-corrected chi connectivity index (χ0v) is 12.6. The van der Waals surface area contributed by atoms with Crippen molar-refractivity contribution in [2.24, 2.45) is 0 Å². The first-order valence-electron chi connectivity index (χ1n) is 6.10. The molecular formula is C13H13Cl2NO5. The second kappa shape index (κ2) is 6.51. The summed E-state index contributed by atoms with van der Waals surface area (Å²) in [5, 5.41) is 9.46. The summed E-state index contributed by atoms with van der Waals surface area (Å²) in [7, 11) is 1.41. The molecule has 1 aliphatic rings. The van der Waals surface area contributed by atoms with Crippen molar-refractivity contribution in [1.29, 1.82) is 0 Å². The minimum Gasteiger partial charge on any atom is -0.496 e. The van der Waals surface area contributed by atoms with Gasteiger partial charge in [0, 0.05) is 12.6 Å². The molecule has 0 spiro atoms. The fraction of sp³-hybridized carbons (Fsp3) is 0.385. The number of carboxylic acid groups (broad SMARTS) is 1. The highest BCUT2D eigenvalue weighted by atomic mass is 35.5. The van der Waals surface area contributed by atoms with Gasteiger partial charge in [-0.15, -0.1) is 0 Å². The van der Waals surface area contributed by atoms with Crippen LogP contribution >= 0.6 is 23.2 Å². The summed E-state index contributed by atoms with van der Waals surface area (Å²) in [5.41, 5.74) is 0.234. The van der Waals surface area contributed by atoms with Crippen molar-refractivity contribution >= 4 is 35.1 Å². The summed E-state index contributed by atoms with van der Waals surface area (Å²) in [6.45, 7) is 0.427. The van der Waals surface area contributed by atoms with Crippen LogP contribution in [-0.4, -0.2) is 54.8 Å². The molecule has 0 saturated carbocycles. The monoisotopic (exact) mass is 333 g/mol. The third-order valence-electron chi connectivity index (χ3n) is 3.10. The molecular weight excluding hydrogens is 321 g/mol. The number of aliphatic carboxylic acids is 1. The first-order valence-corrected chi connectivity index (χ1v) is 6.86. The SMILES string of the molecule is COc1cc(Cl)c(Cl)cc1C(=O)N1CCOC(C(=O)O)C1. The lowest BCUT2D eigenvalue weighted by molar-refractivity contribution is -0.154. The first kappa shape index (κ1) is 15.9. The lowest BCUT2D eigenvalue weighted by Crippen LogP contribution is -2.48. The Bertz CT molecular complexity index is 578. The number of ether oxygens (including phenoxy) is 2. The molecule has 0 aliphatic carbocycles. The number of carbonyl (C=O) groups is 2. The van der Waals surface area contributed by atoms with E-state index in [9.17, 15) is 9.59 Å². The van der Waals surface area contributed by atoms with Crippen molar-refractivity contribution in [2.45, 2.75) is 6.10 Å². The van der Waals surface area contributed by atoms with E-state index >= 15 is 0 Å². The van der Waals surface area contributed by atoms with Gasteiger partial charge in [-0.25, -0.2) is 4.79 Å². The Morgan fingerprint density at radius 3 is 2.67 bits per heavy atom. The Labute approximate surface area is 131 Å². The molecule has 0 bridgehead atoms. The van der Waals surface area contributed by atoms with E-state index in [0.717, 1.165) is 0 Å². The molecule has 1 aromatic rings. The third kappa shape index (κ3) is 3.40. The maximum absolute atomic E-state index is 12.5. The van der Waals surface area contributed by atoms with E-state index in [1.807, 2.05) is 0 Å². The van der Waals surface area contributed by atoms with Crippen molar-refractivity contribution in [1.82, 2.24) is 4.90 Å². The minimum absolute atomic E-state index is 0.0302. The summed E-state index contributed by atoms with van der Waals surface area (Å²) in [4.78, 5) is 24.9. The predicted molar refractivity (Wildman–Crippen MR) is 76.3 cm³/mol. The summed E-state index contributed by atoms with van der Waals surface area (Å²) < 4.78 is 10.2. The van der Waals surface area contributed by atoms with Gasteiger partial charge in [0.1, 0.15) is 5.75 Å². The highest BCUT2D eigenvalue weighted by Crippen LogP contribution is 2.31. The number of carbonyl (C=O) groups excluding carboxylic acids is 1. The number of benzene rings is 1. The van der Waals surface area contributed by atoms with Crippen LogP contribution in [0.1, 0.15) is 10.4 Å². The molecule has 1 aromatic carbocycles. The fourth-order valence-corrected chi connectivity index (χ4v) is 2.34. The van der Waals surface area contributed by atoms with E-state index in [1.54, 1.807) is 0 Å². The molecule has 8 heteroatoms. The molecule has 1 atom stereocenters. The van der Waals surface area contributed by atoms with Crippen LogP contribution in [-0.2, 0) is 9.53 Å². The van der Waals surface area contributed by atoms with Crippen LogP contribution in [0, 0.1) is 0 Å². The van der Waals surface area contributed by atoms with Crippen molar-refractivity contribution in [2.75, 3.05) is 26.8 Å². The van der Waals surface area contributed by atoms with Gasteiger partial charge in [-0.3, -0.25) is 4.79 Å². The lowest BCUT2D eigenvalue weighted by atomic mass is 10.1. The molecule has 1 fully saturated rings. The molecule has 0 aromatic heterocycles. The Kier molecular flexibility index (Phi) is 4.92. The Hall–Kier alpha value is -1.50. The van der Waals surface area contributed by atoms with E-state index in [1.165, 1.54) is 24.1 Å². The van der Waals surface area contributed by atoms with Crippen molar-refractivity contribution < 1.29 is 24.2 Å². The molecule has 21 heavy (non-hydrogen) atoms. The van der Waals surface area contributed by atoms with Crippen LogP contribution in [0.3, 0.4) is 0 Å². The van der Waals surface area contributed by atoms with Gasteiger partial charge in [-0.1, -0.05) is 23.2 Å². The number of nitrogens with zero attached hydrogens (tertiary/aromatic N) is 1. The first-order chi connectivity index (χ1) is 9.93. The molecule has 1 heterocycles. The van der Waals surface area contributed by atoms with Gasteiger partial charge in [0.2, 0.25) is 0 Å². The molecule has 1 aliphatic heterocycles. The van der Waals surface area contributed by atoms with Crippen LogP contribution < -0.4 is 4.74 Å². The van der Waals surface area contributed by atoms with Crippen LogP contribution in [0.15, 0.2) is 12.1 Å². The molecule has 0 radical (unpaired) electrons. The smallest absolute Gasteiger partial charge is 0.334 e. The van der Waals surface area contributed by atoms with E-state index in [0.29, 0.717) is 6.54 Å². The molecule has 1 saturated heterocycles. The van der Waals surface area contributed by atoms with Gasteiger partial charge in [-0.2, -0.15) is 0 Å². The fourth-order valence-electron chi connectivity index (χ4n) is 2.02. The normalized spacial score (nSPS) is 18.4. The topological polar surface area (TPSA) is 76.1 Å². The van der Waals surface area contributed by atoms with E-state index in [4.69, 9.17) is 37.8 Å². The molecule has 6 nitrogen and oxygen atoms in total.